The molecular formula is C24H20BrClN3O2+. The fraction of sp³-hybridized carbons (Fsp3) is 0.125. The van der Waals surface area contributed by atoms with Crippen molar-refractivity contribution in [2.24, 2.45) is 0 Å². The number of hydrazine groups is 1. The Bertz CT molecular complexity index is 1140. The highest BCUT2D eigenvalue weighted by Gasteiger charge is 2.47. The van der Waals surface area contributed by atoms with E-state index in [1.807, 2.05) is 61.7 Å². The van der Waals surface area contributed by atoms with Crippen LogP contribution in [-0.4, -0.2) is 28.8 Å². The molecule has 156 valence electrons. The number of nitrogens with one attached hydrogen (secondary N) is 2. The summed E-state index contributed by atoms with van der Waals surface area (Å²) in [6.07, 6.45) is 1.86. The van der Waals surface area contributed by atoms with Crippen LogP contribution in [0.2, 0.25) is 5.02 Å². The van der Waals surface area contributed by atoms with Gasteiger partial charge in [-0.05, 0) is 55.5 Å². The maximum atomic E-state index is 12.9. The van der Waals surface area contributed by atoms with Gasteiger partial charge in [0.1, 0.15) is 0 Å². The molecule has 0 unspecified atom stereocenters. The summed E-state index contributed by atoms with van der Waals surface area (Å²) in [5, 5.41) is 3.43. The molecule has 2 amide bonds. The van der Waals surface area contributed by atoms with Crippen LogP contribution in [0.15, 0.2) is 77.3 Å². The fourth-order valence-electron chi connectivity index (χ4n) is 3.48. The quantitative estimate of drug-likeness (QED) is 0.524. The summed E-state index contributed by atoms with van der Waals surface area (Å²) in [6, 6.07) is 21.1. The molecule has 1 aliphatic rings. The molecule has 0 bridgehead atoms. The summed E-state index contributed by atoms with van der Waals surface area (Å²) in [5.74, 6) is -0.610. The fourth-order valence-corrected chi connectivity index (χ4v) is 3.87. The van der Waals surface area contributed by atoms with Crippen LogP contribution in [0, 0.1) is 6.92 Å². The van der Waals surface area contributed by atoms with E-state index >= 15 is 0 Å². The second kappa shape index (κ2) is 9.04. The van der Waals surface area contributed by atoms with Gasteiger partial charge in [0.05, 0.1) is 0 Å². The molecule has 31 heavy (non-hydrogen) atoms. The first-order valence-corrected chi connectivity index (χ1v) is 10.9. The van der Waals surface area contributed by atoms with Crippen molar-refractivity contribution in [3.63, 3.8) is 0 Å². The van der Waals surface area contributed by atoms with Crippen molar-refractivity contribution in [2.45, 2.75) is 19.0 Å². The Balaban J connectivity index is 1.69. The second-order valence-corrected chi connectivity index (χ2v) is 8.73. The van der Waals surface area contributed by atoms with Crippen LogP contribution in [0.4, 0.5) is 0 Å². The molecule has 4 rings (SSSR count). The van der Waals surface area contributed by atoms with E-state index in [1.165, 1.54) is 0 Å². The highest BCUT2D eigenvalue weighted by Crippen LogP contribution is 2.26. The molecule has 2 N–H and O–H groups in total. The van der Waals surface area contributed by atoms with Crippen molar-refractivity contribution in [3.05, 3.63) is 105 Å². The molecule has 0 aromatic heterocycles. The Labute approximate surface area is 193 Å². The van der Waals surface area contributed by atoms with Gasteiger partial charge in [-0.3, -0.25) is 9.59 Å². The molecule has 3 aromatic rings. The number of amides is 2. The summed E-state index contributed by atoms with van der Waals surface area (Å²) in [7, 11) is 0. The lowest BCUT2D eigenvalue weighted by molar-refractivity contribution is -0.596. The van der Waals surface area contributed by atoms with Crippen molar-refractivity contribution in [2.75, 3.05) is 0 Å². The van der Waals surface area contributed by atoms with Gasteiger partial charge in [-0.1, -0.05) is 57.4 Å². The number of carbonyl (C=O) groups is 2. The third-order valence-electron chi connectivity index (χ3n) is 5.11. The highest BCUT2D eigenvalue weighted by atomic mass is 79.9. The highest BCUT2D eigenvalue weighted by molar-refractivity contribution is 9.10. The first-order chi connectivity index (χ1) is 14.9. The van der Waals surface area contributed by atoms with E-state index in [0.29, 0.717) is 10.6 Å². The van der Waals surface area contributed by atoms with E-state index in [2.05, 4.69) is 26.7 Å². The van der Waals surface area contributed by atoms with E-state index in [9.17, 15) is 9.59 Å². The Morgan fingerprint density at radius 2 is 1.68 bits per heavy atom. The molecule has 1 heterocycles. The third kappa shape index (κ3) is 4.86. The second-order valence-electron chi connectivity index (χ2n) is 7.38. The Morgan fingerprint density at radius 1 is 1.03 bits per heavy atom. The van der Waals surface area contributed by atoms with Gasteiger partial charge < -0.3 is 5.32 Å². The number of rotatable bonds is 4. The lowest BCUT2D eigenvalue weighted by atomic mass is 9.98. The van der Waals surface area contributed by atoms with Gasteiger partial charge in [0.2, 0.25) is 12.3 Å². The van der Waals surface area contributed by atoms with Crippen LogP contribution in [0.25, 0.3) is 0 Å². The molecule has 2 atom stereocenters. The molecule has 0 spiro atoms. The molecule has 3 aromatic carbocycles. The number of hydrogen-bond donors (Lipinski definition) is 2. The Hall–Kier alpha value is -2.96. The van der Waals surface area contributed by atoms with Gasteiger partial charge in [0, 0.05) is 26.2 Å². The molecule has 0 saturated carbocycles. The van der Waals surface area contributed by atoms with E-state index < -0.39 is 12.1 Å². The number of aryl methyl sites for hydroxylation is 1. The van der Waals surface area contributed by atoms with Crippen LogP contribution in [0.3, 0.4) is 0 Å². The van der Waals surface area contributed by atoms with Gasteiger partial charge in [-0.2, -0.15) is 0 Å². The van der Waals surface area contributed by atoms with Gasteiger partial charge in [-0.25, -0.2) is 0 Å². The van der Waals surface area contributed by atoms with Gasteiger partial charge in [-0.15, -0.1) is 10.1 Å². The molecule has 1 saturated heterocycles. The van der Waals surface area contributed by atoms with Crippen molar-refractivity contribution < 1.29 is 14.3 Å². The van der Waals surface area contributed by atoms with Crippen LogP contribution < -0.4 is 10.7 Å². The molecule has 0 radical (unpaired) electrons. The Morgan fingerprint density at radius 3 is 2.32 bits per heavy atom. The topological polar surface area (TPSA) is 61.2 Å². The largest absolute Gasteiger partial charge is 0.334 e. The predicted octanol–water partition coefficient (Wildman–Crippen LogP) is 4.43. The summed E-state index contributed by atoms with van der Waals surface area (Å²) >= 11 is 9.36. The van der Waals surface area contributed by atoms with E-state index in [0.717, 1.165) is 21.2 Å². The number of halogens is 2. The normalized spacial score (nSPS) is 19.3. The zero-order valence-corrected chi connectivity index (χ0v) is 19.0. The molecule has 7 heteroatoms. The van der Waals surface area contributed by atoms with Crippen molar-refractivity contribution in [3.8, 4) is 0 Å². The van der Waals surface area contributed by atoms with Crippen molar-refractivity contribution in [1.29, 1.82) is 0 Å². The summed E-state index contributed by atoms with van der Waals surface area (Å²) in [6.45, 7) is 2.01. The van der Waals surface area contributed by atoms with Crippen molar-refractivity contribution >= 4 is 45.6 Å². The molecule has 1 aliphatic heterocycles. The number of hydrogen-bond acceptors (Lipinski definition) is 2. The Kier molecular flexibility index (Phi) is 6.20. The van der Waals surface area contributed by atoms with Crippen molar-refractivity contribution in [1.82, 2.24) is 10.7 Å². The van der Waals surface area contributed by atoms with Crippen LogP contribution in [0.1, 0.15) is 33.1 Å². The number of hydrazone groups is 1. The minimum Gasteiger partial charge on any atom is -0.334 e. The summed E-state index contributed by atoms with van der Waals surface area (Å²) < 4.78 is 2.72. The average Bonchev–Trinajstić information content (AvgIpc) is 3.05. The lowest BCUT2D eigenvalue weighted by Crippen LogP contribution is -2.42. The number of nitrogens with zero attached hydrogens (tertiary/aromatic N) is 1. The van der Waals surface area contributed by atoms with E-state index in [4.69, 9.17) is 11.6 Å². The summed E-state index contributed by atoms with van der Waals surface area (Å²) in [5.41, 5.74) is 6.28. The number of carbonyl (C=O) groups excluding carboxylic acids is 2. The maximum Gasteiger partial charge on any atom is 0.304 e. The molecular weight excluding hydrogens is 478 g/mol. The maximum absolute atomic E-state index is 12.9. The van der Waals surface area contributed by atoms with Gasteiger partial charge >= 0.3 is 5.91 Å². The molecule has 1 fully saturated rings. The van der Waals surface area contributed by atoms with Crippen LogP contribution in [0.5, 0.6) is 0 Å². The molecule has 5 nitrogen and oxygen atoms in total. The number of benzene rings is 3. The van der Waals surface area contributed by atoms with Crippen LogP contribution >= 0.6 is 27.5 Å². The van der Waals surface area contributed by atoms with Gasteiger partial charge in [0.15, 0.2) is 6.04 Å². The van der Waals surface area contributed by atoms with Gasteiger partial charge in [0.25, 0.3) is 5.91 Å². The minimum absolute atomic E-state index is 0.277. The smallest absolute Gasteiger partial charge is 0.304 e. The van der Waals surface area contributed by atoms with E-state index in [-0.39, 0.29) is 11.8 Å². The molecule has 0 aliphatic carbocycles. The predicted molar refractivity (Wildman–Crippen MR) is 124 cm³/mol. The first-order valence-electron chi connectivity index (χ1n) is 9.73. The average molecular weight is 498 g/mol. The monoisotopic (exact) mass is 496 g/mol. The zero-order chi connectivity index (χ0) is 22.0. The zero-order valence-electron chi connectivity index (χ0n) is 16.7. The minimum atomic E-state index is -0.766. The lowest BCUT2D eigenvalue weighted by Gasteiger charge is -2.15. The van der Waals surface area contributed by atoms with Crippen LogP contribution in [-0.2, 0) is 4.79 Å². The first kappa shape index (κ1) is 21.3. The SMILES string of the molecule is Cc1ccc([C@H]2[C@H](NC(=O)c3ccc(Cl)cc3)C(=O)N/[N+]2=C\c2ccc(Br)cc2)cc1. The van der Waals surface area contributed by atoms with E-state index in [1.54, 1.807) is 28.9 Å². The summed E-state index contributed by atoms with van der Waals surface area (Å²) in [4.78, 5) is 25.7. The third-order valence-corrected chi connectivity index (χ3v) is 5.89. The standard InChI is InChI=1S/C24H19BrClN3O2/c1-15-2-6-17(7-3-15)22-21(27-23(30)18-8-12-20(26)13-9-18)24(31)28-29(22)14-16-4-10-19(25)11-5-16/h2-14,21-22H,1H3,(H-,27,28,30,31)/p+1/b29-14-/t21-,22-/m0/s1.